The van der Waals surface area contributed by atoms with E-state index in [4.69, 9.17) is 4.74 Å². The van der Waals surface area contributed by atoms with Gasteiger partial charge in [0.25, 0.3) is 0 Å². The van der Waals surface area contributed by atoms with Crippen molar-refractivity contribution in [1.82, 2.24) is 0 Å². The maximum absolute atomic E-state index is 13.0. The zero-order chi connectivity index (χ0) is 23.6. The van der Waals surface area contributed by atoms with Gasteiger partial charge in [0, 0.05) is 16.7 Å². The number of benzene rings is 5. The lowest BCUT2D eigenvalue weighted by molar-refractivity contribution is 0.0240. The van der Waals surface area contributed by atoms with Gasteiger partial charge >= 0.3 is 5.97 Å². The molecular formula is C28H18O6. The van der Waals surface area contributed by atoms with Gasteiger partial charge in [-0.2, -0.15) is 0 Å². The summed E-state index contributed by atoms with van der Waals surface area (Å²) in [4.78, 5) is 13.0. The number of cyclic esters (lactones) is 1. The fourth-order valence-corrected chi connectivity index (χ4v) is 4.87. The lowest BCUT2D eigenvalue weighted by Crippen LogP contribution is -2.30. The van der Waals surface area contributed by atoms with Crippen LogP contribution >= 0.6 is 0 Å². The minimum Gasteiger partial charge on any atom is -0.508 e. The van der Waals surface area contributed by atoms with Crippen molar-refractivity contribution >= 4 is 27.5 Å². The van der Waals surface area contributed by atoms with Crippen LogP contribution in [0.25, 0.3) is 21.5 Å². The smallest absolute Gasteiger partial charge is 0.340 e. The first-order chi connectivity index (χ1) is 16.4. The molecule has 0 spiro atoms. The molecule has 0 saturated carbocycles. The third-order valence-electron chi connectivity index (χ3n) is 6.41. The average molecular weight is 450 g/mol. The highest BCUT2D eigenvalue weighted by Crippen LogP contribution is 2.53. The second kappa shape index (κ2) is 6.89. The third kappa shape index (κ3) is 2.72. The van der Waals surface area contributed by atoms with Crippen LogP contribution in [0.5, 0.6) is 23.0 Å². The molecule has 4 N–H and O–H groups in total. The van der Waals surface area contributed by atoms with Gasteiger partial charge in [0.05, 0.1) is 5.56 Å². The Hall–Kier alpha value is -4.71. The molecule has 5 aromatic carbocycles. The lowest BCUT2D eigenvalue weighted by atomic mass is 9.78. The first-order valence-corrected chi connectivity index (χ1v) is 10.6. The third-order valence-corrected chi connectivity index (χ3v) is 6.41. The van der Waals surface area contributed by atoms with Crippen LogP contribution in [0.2, 0.25) is 0 Å². The summed E-state index contributed by atoms with van der Waals surface area (Å²) < 4.78 is 6.04. The number of carbonyl (C=O) groups excluding carboxylic acids is 1. The van der Waals surface area contributed by atoms with Gasteiger partial charge in [0.15, 0.2) is 5.60 Å². The van der Waals surface area contributed by atoms with Crippen molar-refractivity contribution in [2.24, 2.45) is 0 Å². The minimum atomic E-state index is -1.63. The van der Waals surface area contributed by atoms with Gasteiger partial charge in [-0.1, -0.05) is 30.3 Å². The Balaban J connectivity index is 1.73. The van der Waals surface area contributed by atoms with E-state index in [1.54, 1.807) is 48.5 Å². The molecule has 0 radical (unpaired) electrons. The molecule has 0 unspecified atom stereocenters. The van der Waals surface area contributed by atoms with E-state index in [9.17, 15) is 25.2 Å². The SMILES string of the molecule is O=C1OC(c2cc3ccc(O)cc3cc2O)(c2cc3ccc(O)cc3cc2O)c2ccccc21. The van der Waals surface area contributed by atoms with Gasteiger partial charge < -0.3 is 25.2 Å². The Labute approximate surface area is 193 Å². The molecule has 0 fully saturated rings. The predicted molar refractivity (Wildman–Crippen MR) is 126 cm³/mol. The summed E-state index contributed by atoms with van der Waals surface area (Å²) in [7, 11) is 0. The molecule has 0 atom stereocenters. The number of phenols is 4. The molecule has 1 aliphatic heterocycles. The quantitative estimate of drug-likeness (QED) is 0.273. The molecule has 0 bridgehead atoms. The zero-order valence-corrected chi connectivity index (χ0v) is 17.7. The number of phenolic OH excluding ortho intramolecular Hbond substituents is 4. The van der Waals surface area contributed by atoms with Crippen molar-refractivity contribution < 1.29 is 30.0 Å². The van der Waals surface area contributed by atoms with Crippen LogP contribution in [0.15, 0.2) is 84.9 Å². The van der Waals surface area contributed by atoms with Crippen LogP contribution in [0.4, 0.5) is 0 Å². The Morgan fingerprint density at radius 3 is 1.65 bits per heavy atom. The summed E-state index contributed by atoms with van der Waals surface area (Å²) >= 11 is 0. The molecule has 166 valence electrons. The largest absolute Gasteiger partial charge is 0.508 e. The molecule has 5 aromatic rings. The van der Waals surface area contributed by atoms with Crippen LogP contribution in [0.3, 0.4) is 0 Å². The number of rotatable bonds is 2. The molecule has 6 heteroatoms. The molecule has 0 amide bonds. The number of esters is 1. The highest BCUT2D eigenvalue weighted by Gasteiger charge is 2.51. The van der Waals surface area contributed by atoms with Crippen LogP contribution in [0.1, 0.15) is 27.0 Å². The molecule has 1 aliphatic rings. The summed E-state index contributed by atoms with van der Waals surface area (Å²) in [6.07, 6.45) is 0. The van der Waals surface area contributed by atoms with Gasteiger partial charge in [-0.05, 0) is 76.1 Å². The number of fused-ring (bicyclic) bond motifs is 3. The fourth-order valence-electron chi connectivity index (χ4n) is 4.87. The van der Waals surface area contributed by atoms with Crippen molar-refractivity contribution in [2.45, 2.75) is 5.60 Å². The maximum atomic E-state index is 13.0. The molecule has 0 aromatic heterocycles. The van der Waals surface area contributed by atoms with E-state index in [-0.39, 0.29) is 34.1 Å². The topological polar surface area (TPSA) is 107 Å². The second-order valence-corrected chi connectivity index (χ2v) is 8.42. The van der Waals surface area contributed by atoms with Crippen molar-refractivity contribution in [3.8, 4) is 23.0 Å². The predicted octanol–water partition coefficient (Wildman–Crippen LogP) is 5.28. The van der Waals surface area contributed by atoms with E-state index in [1.165, 1.54) is 36.4 Å². The highest BCUT2D eigenvalue weighted by atomic mass is 16.6. The monoisotopic (exact) mass is 450 g/mol. The van der Waals surface area contributed by atoms with Crippen LogP contribution in [0, 0.1) is 0 Å². The van der Waals surface area contributed by atoms with Crippen LogP contribution in [-0.4, -0.2) is 26.4 Å². The molecular weight excluding hydrogens is 432 g/mol. The summed E-state index contributed by atoms with van der Waals surface area (Å²) in [5.41, 5.74) is -0.255. The minimum absolute atomic E-state index is 0.0578. The van der Waals surface area contributed by atoms with Gasteiger partial charge in [0.1, 0.15) is 23.0 Å². The lowest BCUT2D eigenvalue weighted by Gasteiger charge is -2.32. The standard InChI is InChI=1S/C28H18O6/c29-19-7-5-15-11-23(25(31)13-17(15)9-19)28(22-4-2-1-3-21(22)27(33)34-28)24-12-16-6-8-20(30)10-18(16)14-26(24)32/h1-14,29-32H. The number of ether oxygens (including phenoxy) is 1. The van der Waals surface area contributed by atoms with E-state index in [0.717, 1.165) is 0 Å². The van der Waals surface area contributed by atoms with Gasteiger partial charge in [-0.3, -0.25) is 0 Å². The Morgan fingerprint density at radius 2 is 1.09 bits per heavy atom. The number of hydrogen-bond donors (Lipinski definition) is 4. The first-order valence-electron chi connectivity index (χ1n) is 10.6. The van der Waals surface area contributed by atoms with E-state index in [0.29, 0.717) is 32.7 Å². The normalized spacial score (nSPS) is 14.3. The zero-order valence-electron chi connectivity index (χ0n) is 17.7. The summed E-state index contributed by atoms with van der Waals surface area (Å²) in [6, 6.07) is 22.8. The highest BCUT2D eigenvalue weighted by molar-refractivity contribution is 5.98. The van der Waals surface area contributed by atoms with Gasteiger partial charge in [0.2, 0.25) is 0 Å². The van der Waals surface area contributed by atoms with Crippen molar-refractivity contribution in [2.75, 3.05) is 0 Å². The van der Waals surface area contributed by atoms with E-state index in [2.05, 4.69) is 0 Å². The van der Waals surface area contributed by atoms with E-state index in [1.807, 2.05) is 0 Å². The molecule has 1 heterocycles. The molecule has 0 saturated heterocycles. The summed E-state index contributed by atoms with van der Waals surface area (Å²) in [5, 5.41) is 44.6. The van der Waals surface area contributed by atoms with Crippen molar-refractivity contribution in [3.05, 3.63) is 107 Å². The van der Waals surface area contributed by atoms with E-state index >= 15 is 0 Å². The maximum Gasteiger partial charge on any atom is 0.340 e. The Bertz CT molecular complexity index is 1560. The van der Waals surface area contributed by atoms with E-state index < -0.39 is 11.6 Å². The average Bonchev–Trinajstić information content (AvgIpc) is 3.11. The first kappa shape index (κ1) is 19.9. The number of aromatic hydroxyl groups is 4. The number of carbonyl (C=O) groups is 1. The molecule has 6 rings (SSSR count). The summed E-state index contributed by atoms with van der Waals surface area (Å²) in [6.45, 7) is 0. The Morgan fingerprint density at radius 1 is 0.559 bits per heavy atom. The molecule has 34 heavy (non-hydrogen) atoms. The fraction of sp³-hybridized carbons (Fsp3) is 0.0357. The molecule has 6 nitrogen and oxygen atoms in total. The number of hydrogen-bond acceptors (Lipinski definition) is 6. The Kier molecular flexibility index (Phi) is 4.04. The summed E-state index contributed by atoms with van der Waals surface area (Å²) in [5.74, 6) is -0.781. The van der Waals surface area contributed by atoms with Gasteiger partial charge in [-0.15, -0.1) is 0 Å². The van der Waals surface area contributed by atoms with Crippen molar-refractivity contribution in [3.63, 3.8) is 0 Å². The van der Waals surface area contributed by atoms with Gasteiger partial charge in [-0.25, -0.2) is 4.79 Å². The van der Waals surface area contributed by atoms with Crippen LogP contribution in [-0.2, 0) is 10.3 Å². The van der Waals surface area contributed by atoms with Crippen LogP contribution < -0.4 is 0 Å². The second-order valence-electron chi connectivity index (χ2n) is 8.42. The van der Waals surface area contributed by atoms with Crippen molar-refractivity contribution in [1.29, 1.82) is 0 Å². The molecule has 0 aliphatic carbocycles.